The van der Waals surface area contributed by atoms with Gasteiger partial charge < -0.3 is 112 Å². The van der Waals surface area contributed by atoms with E-state index < -0.39 is 134 Å². The molecule has 0 aliphatic carbocycles. The predicted octanol–water partition coefficient (Wildman–Crippen LogP) is -7.23. The molecule has 0 fully saturated rings. The number of aliphatic carboxylic acids is 2. The van der Waals surface area contributed by atoms with Crippen molar-refractivity contribution in [1.82, 2.24) is 20.9 Å². The maximum atomic E-state index is 13.2. The Balaban J connectivity index is 1.92. The number of hydrogen-bond donors (Lipinski definition) is 13. The first-order valence-corrected chi connectivity index (χ1v) is 22.8. The van der Waals surface area contributed by atoms with Gasteiger partial charge in [-0.05, 0) is 12.2 Å². The maximum absolute atomic E-state index is 13.2. The van der Waals surface area contributed by atoms with Crippen molar-refractivity contribution in [3.8, 4) is 12.3 Å². The number of aliphatic hydroxyl groups excluding tert-OH is 4. The van der Waals surface area contributed by atoms with Crippen molar-refractivity contribution in [3.05, 3.63) is 23.7 Å². The molecule has 412 valence electrons. The number of carbonyl (C=O) groups is 6. The van der Waals surface area contributed by atoms with Crippen LogP contribution < -0.4 is 38.9 Å². The zero-order valence-electron chi connectivity index (χ0n) is 40.6. The molecule has 30 nitrogen and oxygen atoms in total. The van der Waals surface area contributed by atoms with Crippen LogP contribution in [0.5, 0.6) is 0 Å². The highest BCUT2D eigenvalue weighted by molar-refractivity contribution is 5.86. The molecule has 0 bridgehead atoms. The van der Waals surface area contributed by atoms with Gasteiger partial charge in [-0.25, -0.2) is 19.6 Å². The number of rotatable bonds is 36. The standard InChI is InChI=1S/C43H70N10O20/c1-4-10-66-16-17-67-11-5-34(61)53(8-14-68-12-6-48-32(59)22-70-37(28(57)20-54)36-24(2)26(51-42(44)45)18-30(72-36)40(62)63)9-15-69-13-7-49-33(60)23-71-38(29(58)21-55)39-35(50-25(3)56)27(52-43(46)47)19-31(73-39)41(64)65/h1,18-19,24,26-29,35-39,54-55,57-58H,5-17,20-23H2,2-3H3,(H,48,59)(H,49,60)(H,50,56)(H,62,63)(H,64,65)(H4,44,45,51)(H4,46,47,52)/t24-,26+,27+,28-,29-,35-,36-,37-,38-,39-/m1/s1. The van der Waals surface area contributed by atoms with Crippen molar-refractivity contribution in [2.75, 3.05) is 105 Å². The molecule has 2 rings (SSSR count). The van der Waals surface area contributed by atoms with Crippen LogP contribution in [0.1, 0.15) is 20.3 Å². The Kier molecular flexibility index (Phi) is 29.3. The minimum absolute atomic E-state index is 0.00491. The number of nitrogens with two attached hydrogens (primary N) is 4. The average molecular weight is 1050 g/mol. The van der Waals surface area contributed by atoms with Gasteiger partial charge in [-0.2, -0.15) is 0 Å². The highest BCUT2D eigenvalue weighted by Crippen LogP contribution is 2.31. The zero-order valence-corrected chi connectivity index (χ0v) is 40.6. The number of terminal acetylenes is 1. The fourth-order valence-electron chi connectivity index (χ4n) is 7.02. The van der Waals surface area contributed by atoms with E-state index in [1.807, 2.05) is 0 Å². The first-order chi connectivity index (χ1) is 34.7. The molecule has 0 saturated heterocycles. The quantitative estimate of drug-likeness (QED) is 0.0120. The molecule has 17 N–H and O–H groups in total. The van der Waals surface area contributed by atoms with Gasteiger partial charge in [0.05, 0.1) is 84.0 Å². The fraction of sp³-hybridized carbons (Fsp3) is 0.674. The van der Waals surface area contributed by atoms with Gasteiger partial charge in [-0.3, -0.25) is 19.2 Å². The Labute approximate surface area is 420 Å². The van der Waals surface area contributed by atoms with E-state index in [1.54, 1.807) is 6.92 Å². The van der Waals surface area contributed by atoms with Crippen LogP contribution in [0.15, 0.2) is 33.7 Å². The lowest BCUT2D eigenvalue weighted by Crippen LogP contribution is -2.60. The van der Waals surface area contributed by atoms with Crippen molar-refractivity contribution in [2.45, 2.75) is 75.0 Å². The number of carboxylic acids is 2. The molecule has 30 heteroatoms. The number of guanidine groups is 2. The maximum Gasteiger partial charge on any atom is 0.370 e. The highest BCUT2D eigenvalue weighted by Gasteiger charge is 2.46. The Morgan fingerprint density at radius 2 is 1.19 bits per heavy atom. The van der Waals surface area contributed by atoms with Gasteiger partial charge in [-0.15, -0.1) is 6.42 Å². The molecule has 0 aromatic carbocycles. The first kappa shape index (κ1) is 62.7. The van der Waals surface area contributed by atoms with Crippen molar-refractivity contribution in [3.63, 3.8) is 0 Å². The lowest BCUT2D eigenvalue weighted by atomic mass is 9.87. The monoisotopic (exact) mass is 1050 g/mol. The fourth-order valence-corrected chi connectivity index (χ4v) is 7.02. The molecule has 2 heterocycles. The topological polar surface area (TPSA) is 466 Å². The molecule has 10 atom stereocenters. The van der Waals surface area contributed by atoms with Gasteiger partial charge in [0, 0.05) is 39.0 Å². The van der Waals surface area contributed by atoms with Gasteiger partial charge >= 0.3 is 11.9 Å². The number of hydrogen-bond acceptors (Lipinski definition) is 20. The molecule has 73 heavy (non-hydrogen) atoms. The van der Waals surface area contributed by atoms with E-state index in [4.69, 9.17) is 67.3 Å². The Hall–Kier alpha value is -6.40. The summed E-state index contributed by atoms with van der Waals surface area (Å²) in [6.45, 7) is 0.407. The van der Waals surface area contributed by atoms with E-state index in [2.05, 4.69) is 31.9 Å². The zero-order chi connectivity index (χ0) is 54.5. The van der Waals surface area contributed by atoms with Gasteiger partial charge in [0.1, 0.15) is 50.3 Å². The molecule has 4 amide bonds. The van der Waals surface area contributed by atoms with Crippen molar-refractivity contribution < 1.29 is 97.3 Å². The first-order valence-electron chi connectivity index (χ1n) is 22.8. The molecule has 2 aliphatic rings. The van der Waals surface area contributed by atoms with Crippen molar-refractivity contribution in [2.24, 2.45) is 38.8 Å². The van der Waals surface area contributed by atoms with E-state index in [-0.39, 0.29) is 97.3 Å². The van der Waals surface area contributed by atoms with E-state index in [0.717, 1.165) is 13.0 Å². The largest absolute Gasteiger partial charge is 0.480 e. The van der Waals surface area contributed by atoms with E-state index in [9.17, 15) is 59.4 Å². The number of aliphatic imine (C=N–C) groups is 2. The molecular weight excluding hydrogens is 977 g/mol. The summed E-state index contributed by atoms with van der Waals surface area (Å²) in [5, 5.41) is 67.5. The smallest absolute Gasteiger partial charge is 0.370 e. The lowest BCUT2D eigenvalue weighted by molar-refractivity contribution is -0.160. The van der Waals surface area contributed by atoms with Crippen LogP contribution in [0.25, 0.3) is 0 Å². The number of carboxylic acid groups (broad SMARTS) is 2. The Bertz CT molecular complexity index is 1940. The van der Waals surface area contributed by atoms with Crippen LogP contribution in [0.3, 0.4) is 0 Å². The SMILES string of the molecule is C#CCOCCOCCC(=O)N(CCOCCNC(=O)CO[C@@H]([C@@H]1OC(C(=O)O)=C[C@H](N=C(N)N)[C@H]1C)[C@H](O)CO)CCOCCNC(=O)CO[C@@H]([C@@H]1OC(C(=O)O)=C[C@H](N=C(N)N)[C@H]1NC(C)=O)[C@H](O)CO. The summed E-state index contributed by atoms with van der Waals surface area (Å²) in [4.78, 5) is 83.8. The normalized spacial score (nSPS) is 20.9. The van der Waals surface area contributed by atoms with E-state index in [0.29, 0.717) is 0 Å². The second-order valence-corrected chi connectivity index (χ2v) is 16.0. The molecule has 0 saturated carbocycles. The van der Waals surface area contributed by atoms with Gasteiger partial charge in [0.2, 0.25) is 35.1 Å². The molecule has 0 aromatic heterocycles. The number of carbonyl (C=O) groups excluding carboxylic acids is 4. The third kappa shape index (κ3) is 23.4. The molecular formula is C43H70N10O20. The number of ether oxygens (including phenoxy) is 8. The summed E-state index contributed by atoms with van der Waals surface area (Å²) in [5.74, 6) is -5.56. The number of nitrogens with one attached hydrogen (secondary N) is 3. The van der Waals surface area contributed by atoms with Crippen LogP contribution in [0, 0.1) is 18.3 Å². The predicted molar refractivity (Wildman–Crippen MR) is 252 cm³/mol. The van der Waals surface area contributed by atoms with E-state index in [1.165, 1.54) is 11.0 Å². The summed E-state index contributed by atoms with van der Waals surface area (Å²) in [7, 11) is 0. The minimum atomic E-state index is -1.74. The molecule has 0 spiro atoms. The third-order valence-electron chi connectivity index (χ3n) is 10.4. The molecule has 0 aromatic rings. The highest BCUT2D eigenvalue weighted by atomic mass is 16.6. The molecule has 0 radical (unpaired) electrons. The number of amides is 4. The minimum Gasteiger partial charge on any atom is -0.480 e. The van der Waals surface area contributed by atoms with Gasteiger partial charge in [-0.1, -0.05) is 12.8 Å². The van der Waals surface area contributed by atoms with Crippen LogP contribution >= 0.6 is 0 Å². The Morgan fingerprint density at radius 1 is 0.726 bits per heavy atom. The molecule has 0 unspecified atom stereocenters. The second-order valence-electron chi connectivity index (χ2n) is 16.0. The summed E-state index contributed by atoms with van der Waals surface area (Å²) >= 11 is 0. The van der Waals surface area contributed by atoms with Crippen LogP contribution in [-0.2, 0) is 66.7 Å². The van der Waals surface area contributed by atoms with Crippen LogP contribution in [-0.4, -0.2) is 243 Å². The second kappa shape index (κ2) is 34.1. The van der Waals surface area contributed by atoms with Crippen molar-refractivity contribution >= 4 is 47.5 Å². The lowest BCUT2D eigenvalue weighted by Gasteiger charge is -2.40. The third-order valence-corrected chi connectivity index (χ3v) is 10.4. The summed E-state index contributed by atoms with van der Waals surface area (Å²) in [5.41, 5.74) is 22.1. The summed E-state index contributed by atoms with van der Waals surface area (Å²) < 4.78 is 44.2. The number of aliphatic hydroxyl groups is 4. The van der Waals surface area contributed by atoms with E-state index >= 15 is 0 Å². The van der Waals surface area contributed by atoms with Gasteiger partial charge in [0.15, 0.2) is 18.0 Å². The van der Waals surface area contributed by atoms with Crippen LogP contribution in [0.4, 0.5) is 0 Å². The van der Waals surface area contributed by atoms with Crippen LogP contribution in [0.2, 0.25) is 0 Å². The Morgan fingerprint density at radius 3 is 1.67 bits per heavy atom. The molecule has 2 aliphatic heterocycles. The summed E-state index contributed by atoms with van der Waals surface area (Å²) in [6.07, 6.45) is -1.63. The number of nitrogens with zero attached hydrogens (tertiary/aromatic N) is 3. The summed E-state index contributed by atoms with van der Waals surface area (Å²) in [6, 6.07) is -3.31. The van der Waals surface area contributed by atoms with Gasteiger partial charge in [0.25, 0.3) is 0 Å². The average Bonchev–Trinajstić information content (AvgIpc) is 3.33. The van der Waals surface area contributed by atoms with Crippen molar-refractivity contribution in [1.29, 1.82) is 0 Å².